The zero-order valence-corrected chi connectivity index (χ0v) is 9.39. The molecule has 0 unspecified atom stereocenters. The molecule has 0 atom stereocenters. The van der Waals surface area contributed by atoms with Gasteiger partial charge < -0.3 is 5.32 Å². The molecule has 1 aromatic rings. The van der Waals surface area contributed by atoms with Crippen LogP contribution in [0, 0.1) is 5.92 Å². The van der Waals surface area contributed by atoms with Gasteiger partial charge in [-0.2, -0.15) is 0 Å². The molecule has 0 saturated carbocycles. The Bertz CT molecular complexity index is 348. The quantitative estimate of drug-likeness (QED) is 0.785. The summed E-state index contributed by atoms with van der Waals surface area (Å²) in [7, 11) is 1.77. The fourth-order valence-electron chi connectivity index (χ4n) is 1.94. The number of aromatic nitrogens is 2. The molecule has 2 heterocycles. The van der Waals surface area contributed by atoms with Crippen LogP contribution in [0.3, 0.4) is 0 Å². The molecule has 1 fully saturated rings. The monoisotopic (exact) mass is 220 g/mol. The number of hydrogen-bond donors (Lipinski definition) is 1. The van der Waals surface area contributed by atoms with Gasteiger partial charge in [-0.15, -0.1) is 0 Å². The molecule has 0 spiro atoms. The molecular weight excluding hydrogens is 204 g/mol. The molecule has 1 aliphatic rings. The lowest BCUT2D eigenvalue weighted by atomic mass is 9.97. The molecule has 0 bridgehead atoms. The molecule has 1 aliphatic heterocycles. The molecule has 86 valence electrons. The number of rotatable bonds is 2. The summed E-state index contributed by atoms with van der Waals surface area (Å²) in [6.45, 7) is 1.85. The molecule has 1 N–H and O–H groups in total. The van der Waals surface area contributed by atoms with Gasteiger partial charge in [-0.25, -0.2) is 9.97 Å². The molecule has 0 radical (unpaired) electrons. The van der Waals surface area contributed by atoms with E-state index in [1.807, 2.05) is 0 Å². The Morgan fingerprint density at radius 3 is 2.88 bits per heavy atom. The van der Waals surface area contributed by atoms with Gasteiger partial charge in [-0.3, -0.25) is 9.69 Å². The van der Waals surface area contributed by atoms with Gasteiger partial charge in [0.1, 0.15) is 12.1 Å². The number of carbonyl (C=O) groups is 1. The normalized spacial score (nSPS) is 17.1. The molecule has 1 amide bonds. The Morgan fingerprint density at radius 2 is 2.25 bits per heavy atom. The second-order valence-electron chi connectivity index (χ2n) is 3.99. The third kappa shape index (κ3) is 2.36. The summed E-state index contributed by atoms with van der Waals surface area (Å²) in [4.78, 5) is 21.7. The highest BCUT2D eigenvalue weighted by Gasteiger charge is 2.24. The smallest absolute Gasteiger partial charge is 0.231 e. The largest absolute Gasteiger partial charge is 0.317 e. The van der Waals surface area contributed by atoms with Gasteiger partial charge in [-0.1, -0.05) is 0 Å². The predicted molar refractivity (Wildman–Crippen MR) is 61.0 cm³/mol. The topological polar surface area (TPSA) is 58.1 Å². The third-order valence-corrected chi connectivity index (χ3v) is 2.93. The Kier molecular flexibility index (Phi) is 3.46. The molecular formula is C11H16N4O. The van der Waals surface area contributed by atoms with Crippen molar-refractivity contribution in [2.45, 2.75) is 12.8 Å². The summed E-state index contributed by atoms with van der Waals surface area (Å²) in [5.74, 6) is 0.944. The summed E-state index contributed by atoms with van der Waals surface area (Å²) in [6.07, 6.45) is 4.93. The molecule has 5 nitrogen and oxygen atoms in total. The summed E-state index contributed by atoms with van der Waals surface area (Å²) in [5, 5.41) is 3.25. The maximum Gasteiger partial charge on any atom is 0.231 e. The number of nitrogens with zero attached hydrogens (tertiary/aromatic N) is 3. The first-order chi connectivity index (χ1) is 7.79. The van der Waals surface area contributed by atoms with Gasteiger partial charge in [0.2, 0.25) is 5.91 Å². The lowest BCUT2D eigenvalue weighted by molar-refractivity contribution is -0.122. The van der Waals surface area contributed by atoms with Gasteiger partial charge >= 0.3 is 0 Å². The van der Waals surface area contributed by atoms with Crippen molar-refractivity contribution >= 4 is 11.7 Å². The number of amides is 1. The van der Waals surface area contributed by atoms with Crippen molar-refractivity contribution in [1.82, 2.24) is 15.3 Å². The van der Waals surface area contributed by atoms with Crippen LogP contribution < -0.4 is 10.2 Å². The van der Waals surface area contributed by atoms with Crippen molar-refractivity contribution in [2.75, 3.05) is 25.0 Å². The van der Waals surface area contributed by atoms with E-state index in [2.05, 4.69) is 15.3 Å². The Morgan fingerprint density at radius 1 is 1.50 bits per heavy atom. The van der Waals surface area contributed by atoms with E-state index in [-0.39, 0.29) is 11.8 Å². The van der Waals surface area contributed by atoms with Crippen LogP contribution in [0.1, 0.15) is 12.8 Å². The first-order valence-electron chi connectivity index (χ1n) is 5.53. The van der Waals surface area contributed by atoms with E-state index in [4.69, 9.17) is 0 Å². The summed E-state index contributed by atoms with van der Waals surface area (Å²) >= 11 is 0. The van der Waals surface area contributed by atoms with Gasteiger partial charge in [-0.05, 0) is 32.0 Å². The standard InChI is InChI=1S/C11H16N4O/c1-15(10-4-7-13-8-14-10)11(16)9-2-5-12-6-3-9/h4,7-9,12H,2-3,5-6H2,1H3. The lowest BCUT2D eigenvalue weighted by Crippen LogP contribution is -2.39. The summed E-state index contributed by atoms with van der Waals surface area (Å²) in [6, 6.07) is 1.75. The van der Waals surface area contributed by atoms with E-state index in [0.717, 1.165) is 25.9 Å². The minimum Gasteiger partial charge on any atom is -0.317 e. The van der Waals surface area contributed by atoms with Crippen molar-refractivity contribution in [3.8, 4) is 0 Å². The van der Waals surface area contributed by atoms with Gasteiger partial charge in [0.15, 0.2) is 0 Å². The van der Waals surface area contributed by atoms with E-state index in [9.17, 15) is 4.79 Å². The highest BCUT2D eigenvalue weighted by Crippen LogP contribution is 2.17. The highest BCUT2D eigenvalue weighted by atomic mass is 16.2. The average molecular weight is 220 g/mol. The number of piperidine rings is 1. The second kappa shape index (κ2) is 5.03. The van der Waals surface area contributed by atoms with Crippen LogP contribution in [0.2, 0.25) is 0 Å². The second-order valence-corrected chi connectivity index (χ2v) is 3.99. The third-order valence-electron chi connectivity index (χ3n) is 2.93. The molecule has 1 aromatic heterocycles. The SMILES string of the molecule is CN(C(=O)C1CCNCC1)c1ccncn1. The maximum absolute atomic E-state index is 12.1. The van der Waals surface area contributed by atoms with Crippen molar-refractivity contribution in [3.63, 3.8) is 0 Å². The molecule has 16 heavy (non-hydrogen) atoms. The van der Waals surface area contributed by atoms with Gasteiger partial charge in [0.05, 0.1) is 0 Å². The minimum absolute atomic E-state index is 0.126. The Labute approximate surface area is 94.9 Å². The van der Waals surface area contributed by atoms with Crippen LogP contribution in [-0.4, -0.2) is 36.0 Å². The Balaban J connectivity index is 2.04. The fraction of sp³-hybridized carbons (Fsp3) is 0.545. The molecule has 0 aromatic carbocycles. The number of carbonyl (C=O) groups excluding carboxylic acids is 1. The van der Waals surface area contributed by atoms with E-state index in [1.54, 1.807) is 24.2 Å². The minimum atomic E-state index is 0.126. The van der Waals surface area contributed by atoms with Crippen molar-refractivity contribution in [1.29, 1.82) is 0 Å². The van der Waals surface area contributed by atoms with Crippen LogP contribution in [0.15, 0.2) is 18.6 Å². The van der Waals surface area contributed by atoms with Crippen LogP contribution in [-0.2, 0) is 4.79 Å². The highest BCUT2D eigenvalue weighted by molar-refractivity contribution is 5.93. The van der Waals surface area contributed by atoms with Crippen LogP contribution in [0.5, 0.6) is 0 Å². The summed E-state index contributed by atoms with van der Waals surface area (Å²) < 4.78 is 0. The molecule has 1 saturated heterocycles. The molecule has 0 aliphatic carbocycles. The zero-order chi connectivity index (χ0) is 11.4. The van der Waals surface area contributed by atoms with Crippen LogP contribution >= 0.6 is 0 Å². The maximum atomic E-state index is 12.1. The predicted octanol–water partition coefficient (Wildman–Crippen LogP) is 0.439. The van der Waals surface area contributed by atoms with Crippen LogP contribution in [0.4, 0.5) is 5.82 Å². The van der Waals surface area contributed by atoms with Crippen molar-refractivity contribution < 1.29 is 4.79 Å². The van der Waals surface area contributed by atoms with Crippen LogP contribution in [0.25, 0.3) is 0 Å². The average Bonchev–Trinajstić information content (AvgIpc) is 2.39. The van der Waals surface area contributed by atoms with E-state index >= 15 is 0 Å². The van der Waals surface area contributed by atoms with Crippen molar-refractivity contribution in [2.24, 2.45) is 5.92 Å². The van der Waals surface area contributed by atoms with E-state index in [0.29, 0.717) is 5.82 Å². The number of anilines is 1. The van der Waals surface area contributed by atoms with Crippen molar-refractivity contribution in [3.05, 3.63) is 18.6 Å². The first-order valence-corrected chi connectivity index (χ1v) is 5.53. The van der Waals surface area contributed by atoms with E-state index < -0.39 is 0 Å². The molecule has 5 heteroatoms. The Hall–Kier alpha value is -1.49. The fourth-order valence-corrected chi connectivity index (χ4v) is 1.94. The van der Waals surface area contributed by atoms with Gasteiger partial charge in [0, 0.05) is 19.2 Å². The van der Waals surface area contributed by atoms with Gasteiger partial charge in [0.25, 0.3) is 0 Å². The first kappa shape index (κ1) is 11.0. The molecule has 2 rings (SSSR count). The number of hydrogen-bond acceptors (Lipinski definition) is 4. The number of nitrogens with one attached hydrogen (secondary N) is 1. The van der Waals surface area contributed by atoms with E-state index in [1.165, 1.54) is 6.33 Å². The lowest BCUT2D eigenvalue weighted by Gasteiger charge is -2.26. The summed E-state index contributed by atoms with van der Waals surface area (Å²) in [5.41, 5.74) is 0. The zero-order valence-electron chi connectivity index (χ0n) is 9.39.